The second-order valence-electron chi connectivity index (χ2n) is 2.83. The standard InChI is InChI=1S/C7H14ClN3O2/c1-5(2)7(13)11-10-6(12)3-4-9-8/h5,9H,3-4H2,1-2H3,(H,10,12)(H,11,13). The summed E-state index contributed by atoms with van der Waals surface area (Å²) in [5.41, 5.74) is 4.54. The topological polar surface area (TPSA) is 70.2 Å². The third-order valence-corrected chi connectivity index (χ3v) is 1.49. The van der Waals surface area contributed by atoms with Crippen LogP contribution in [-0.2, 0) is 9.59 Å². The maximum Gasteiger partial charge on any atom is 0.240 e. The highest BCUT2D eigenvalue weighted by Crippen LogP contribution is 1.88. The van der Waals surface area contributed by atoms with Gasteiger partial charge in [0.2, 0.25) is 11.8 Å². The van der Waals surface area contributed by atoms with Crippen LogP contribution in [0.25, 0.3) is 0 Å². The number of nitrogens with one attached hydrogen (secondary N) is 3. The number of amides is 2. The van der Waals surface area contributed by atoms with Crippen LogP contribution in [0, 0.1) is 5.92 Å². The molecule has 0 saturated heterocycles. The number of hydrazine groups is 1. The Kier molecular flexibility index (Phi) is 6.26. The summed E-state index contributed by atoms with van der Waals surface area (Å²) in [6.07, 6.45) is 0.224. The van der Waals surface area contributed by atoms with Gasteiger partial charge in [0.25, 0.3) is 0 Å². The van der Waals surface area contributed by atoms with E-state index in [-0.39, 0.29) is 24.2 Å². The predicted octanol–water partition coefficient (Wildman–Crippen LogP) is -0.0767. The van der Waals surface area contributed by atoms with Crippen molar-refractivity contribution >= 4 is 23.6 Å². The van der Waals surface area contributed by atoms with Crippen LogP contribution in [0.5, 0.6) is 0 Å². The molecule has 0 aliphatic rings. The molecular formula is C7H14ClN3O2. The van der Waals surface area contributed by atoms with E-state index in [0.29, 0.717) is 6.54 Å². The summed E-state index contributed by atoms with van der Waals surface area (Å²) in [5, 5.41) is 0. The van der Waals surface area contributed by atoms with Gasteiger partial charge in [-0.3, -0.25) is 20.4 Å². The van der Waals surface area contributed by atoms with Crippen LogP contribution in [0.4, 0.5) is 0 Å². The summed E-state index contributed by atoms with van der Waals surface area (Å²) in [6, 6.07) is 0. The molecule has 0 bridgehead atoms. The highest BCUT2D eigenvalue weighted by atomic mass is 35.5. The molecule has 0 aromatic carbocycles. The van der Waals surface area contributed by atoms with E-state index in [1.54, 1.807) is 13.8 Å². The lowest BCUT2D eigenvalue weighted by molar-refractivity contribution is -0.130. The average molecular weight is 208 g/mol. The minimum absolute atomic E-state index is 0.147. The summed E-state index contributed by atoms with van der Waals surface area (Å²) < 4.78 is 0. The first-order valence-electron chi connectivity index (χ1n) is 4.00. The zero-order chi connectivity index (χ0) is 10.3. The molecule has 0 atom stereocenters. The first-order valence-corrected chi connectivity index (χ1v) is 4.38. The van der Waals surface area contributed by atoms with E-state index in [1.807, 2.05) is 0 Å². The molecule has 0 unspecified atom stereocenters. The molecule has 3 N–H and O–H groups in total. The number of hydrogen-bond acceptors (Lipinski definition) is 3. The molecule has 0 fully saturated rings. The molecule has 0 aliphatic carbocycles. The van der Waals surface area contributed by atoms with Gasteiger partial charge < -0.3 is 0 Å². The fourth-order valence-electron chi connectivity index (χ4n) is 0.499. The maximum absolute atomic E-state index is 11.0. The van der Waals surface area contributed by atoms with Crippen LogP contribution in [0.2, 0.25) is 0 Å². The van der Waals surface area contributed by atoms with E-state index in [2.05, 4.69) is 15.7 Å². The molecule has 6 heteroatoms. The molecule has 0 heterocycles. The largest absolute Gasteiger partial charge is 0.273 e. The molecule has 76 valence electrons. The fraction of sp³-hybridized carbons (Fsp3) is 0.714. The van der Waals surface area contributed by atoms with Crippen LogP contribution in [0.3, 0.4) is 0 Å². The highest BCUT2D eigenvalue weighted by Gasteiger charge is 2.07. The van der Waals surface area contributed by atoms with E-state index in [4.69, 9.17) is 11.8 Å². The lowest BCUT2D eigenvalue weighted by atomic mass is 10.2. The molecule has 0 aromatic rings. The Morgan fingerprint density at radius 2 is 1.92 bits per heavy atom. The van der Waals surface area contributed by atoms with Crippen LogP contribution in [-0.4, -0.2) is 18.4 Å². The number of halogens is 1. The van der Waals surface area contributed by atoms with E-state index in [9.17, 15) is 9.59 Å². The van der Waals surface area contributed by atoms with Crippen molar-refractivity contribution < 1.29 is 9.59 Å². The molecule has 0 saturated carbocycles. The van der Waals surface area contributed by atoms with Crippen molar-refractivity contribution in [2.24, 2.45) is 5.92 Å². The van der Waals surface area contributed by atoms with Gasteiger partial charge in [0.05, 0.1) is 0 Å². The SMILES string of the molecule is CC(C)C(=O)NNC(=O)CCNCl. The Balaban J connectivity index is 3.52. The smallest absolute Gasteiger partial charge is 0.240 e. The lowest BCUT2D eigenvalue weighted by Crippen LogP contribution is -2.44. The van der Waals surface area contributed by atoms with Gasteiger partial charge in [-0.25, -0.2) is 4.84 Å². The second kappa shape index (κ2) is 6.68. The van der Waals surface area contributed by atoms with Crippen LogP contribution >= 0.6 is 11.8 Å². The van der Waals surface area contributed by atoms with Crippen LogP contribution < -0.4 is 15.7 Å². The van der Waals surface area contributed by atoms with Gasteiger partial charge in [0.1, 0.15) is 0 Å². The van der Waals surface area contributed by atoms with Gasteiger partial charge >= 0.3 is 0 Å². The van der Waals surface area contributed by atoms with Crippen molar-refractivity contribution in [1.29, 1.82) is 0 Å². The Bertz CT molecular complexity index is 185. The summed E-state index contributed by atoms with van der Waals surface area (Å²) in [7, 11) is 0. The second-order valence-corrected chi connectivity index (χ2v) is 3.09. The van der Waals surface area contributed by atoms with Gasteiger partial charge in [0.15, 0.2) is 0 Å². The van der Waals surface area contributed by atoms with Gasteiger partial charge in [-0.05, 0) is 11.8 Å². The molecule has 0 spiro atoms. The Morgan fingerprint density at radius 3 is 2.38 bits per heavy atom. The lowest BCUT2D eigenvalue weighted by Gasteiger charge is -2.08. The molecule has 5 nitrogen and oxygen atoms in total. The van der Waals surface area contributed by atoms with E-state index in [0.717, 1.165) is 0 Å². The third kappa shape index (κ3) is 6.36. The van der Waals surface area contributed by atoms with Crippen molar-refractivity contribution in [1.82, 2.24) is 15.7 Å². The fourth-order valence-corrected chi connectivity index (χ4v) is 0.593. The van der Waals surface area contributed by atoms with E-state index in [1.165, 1.54) is 0 Å². The van der Waals surface area contributed by atoms with Crippen molar-refractivity contribution in [2.75, 3.05) is 6.54 Å². The molecule has 0 rings (SSSR count). The van der Waals surface area contributed by atoms with E-state index < -0.39 is 0 Å². The van der Waals surface area contributed by atoms with Crippen molar-refractivity contribution in [2.45, 2.75) is 20.3 Å². The molecule has 2 amide bonds. The Labute approximate surface area is 82.3 Å². The minimum atomic E-state index is -0.276. The normalized spacial score (nSPS) is 9.85. The van der Waals surface area contributed by atoms with Gasteiger partial charge in [-0.15, -0.1) is 0 Å². The Morgan fingerprint density at radius 1 is 1.31 bits per heavy atom. The molecule has 0 radical (unpaired) electrons. The van der Waals surface area contributed by atoms with Crippen molar-refractivity contribution in [3.8, 4) is 0 Å². The minimum Gasteiger partial charge on any atom is -0.273 e. The summed E-state index contributed by atoms with van der Waals surface area (Å²) >= 11 is 5.14. The number of rotatable bonds is 4. The van der Waals surface area contributed by atoms with Gasteiger partial charge in [-0.2, -0.15) is 0 Å². The molecule has 0 aromatic heterocycles. The zero-order valence-corrected chi connectivity index (χ0v) is 8.44. The molecular weight excluding hydrogens is 194 g/mol. The first-order chi connectivity index (χ1) is 6.07. The van der Waals surface area contributed by atoms with E-state index >= 15 is 0 Å². The number of carbonyl (C=O) groups excluding carboxylic acids is 2. The zero-order valence-electron chi connectivity index (χ0n) is 7.69. The number of carbonyl (C=O) groups is 2. The van der Waals surface area contributed by atoms with Crippen molar-refractivity contribution in [3.63, 3.8) is 0 Å². The van der Waals surface area contributed by atoms with Gasteiger partial charge in [0, 0.05) is 18.9 Å². The van der Waals surface area contributed by atoms with Crippen LogP contribution in [0.1, 0.15) is 20.3 Å². The predicted molar refractivity (Wildman–Crippen MR) is 49.6 cm³/mol. The quantitative estimate of drug-likeness (QED) is 0.446. The van der Waals surface area contributed by atoms with Gasteiger partial charge in [-0.1, -0.05) is 13.8 Å². The monoisotopic (exact) mass is 207 g/mol. The van der Waals surface area contributed by atoms with Crippen molar-refractivity contribution in [3.05, 3.63) is 0 Å². The maximum atomic E-state index is 11.0. The molecule has 0 aliphatic heterocycles. The summed E-state index contributed by atoms with van der Waals surface area (Å²) in [5.74, 6) is -0.638. The number of hydrogen-bond donors (Lipinski definition) is 3. The average Bonchev–Trinajstić information content (AvgIpc) is 2.10. The highest BCUT2D eigenvalue weighted by molar-refractivity contribution is 6.13. The Hall–Kier alpha value is -0.810. The summed E-state index contributed by atoms with van der Waals surface area (Å²) in [6.45, 7) is 3.84. The van der Waals surface area contributed by atoms with Crippen LogP contribution in [0.15, 0.2) is 0 Å². The first kappa shape index (κ1) is 12.2. The third-order valence-electron chi connectivity index (χ3n) is 1.30. The molecule has 13 heavy (non-hydrogen) atoms. The summed E-state index contributed by atoms with van der Waals surface area (Å²) in [4.78, 5) is 24.2.